The molecule has 3 N–H and O–H groups in total. The van der Waals surface area contributed by atoms with Crippen molar-refractivity contribution in [3.8, 4) is 11.5 Å². The van der Waals surface area contributed by atoms with Gasteiger partial charge in [0, 0.05) is 50.6 Å². The Kier molecular flexibility index (Phi) is 9.96. The third-order valence-electron chi connectivity index (χ3n) is 9.04. The molecule has 1 aromatic heterocycles. The Morgan fingerprint density at radius 1 is 1.24 bits per heavy atom. The molecule has 1 spiro atoms. The van der Waals surface area contributed by atoms with Gasteiger partial charge in [0.2, 0.25) is 0 Å². The summed E-state index contributed by atoms with van der Waals surface area (Å²) < 4.78 is 54.5. The van der Waals surface area contributed by atoms with Crippen LogP contribution in [0.1, 0.15) is 56.8 Å². The Morgan fingerprint density at radius 3 is 2.60 bits per heavy atom. The zero-order valence-corrected chi connectivity index (χ0v) is 27.1. The first-order valence-corrected chi connectivity index (χ1v) is 17.0. The van der Waals surface area contributed by atoms with E-state index in [2.05, 4.69) is 29.2 Å². The summed E-state index contributed by atoms with van der Waals surface area (Å²) in [5.41, 5.74) is 0.243. The van der Waals surface area contributed by atoms with Crippen LogP contribution in [-0.2, 0) is 14.9 Å². The van der Waals surface area contributed by atoms with E-state index in [1.165, 1.54) is 31.6 Å². The van der Waals surface area contributed by atoms with Gasteiger partial charge in [-0.3, -0.25) is 9.69 Å². The number of ether oxygens (including phenoxy) is 2. The molecule has 1 amide bonds. The summed E-state index contributed by atoms with van der Waals surface area (Å²) in [6.45, 7) is 9.80. The van der Waals surface area contributed by atoms with Gasteiger partial charge in [-0.05, 0) is 71.3 Å². The Bertz CT molecular complexity index is 1450. The first kappa shape index (κ1) is 33.4. The summed E-state index contributed by atoms with van der Waals surface area (Å²) in [7, 11) is -2.23. The number of aromatic nitrogens is 2. The van der Waals surface area contributed by atoms with Crippen molar-refractivity contribution in [1.29, 1.82) is 0 Å². The third-order valence-corrected chi connectivity index (χ3v) is 10.2. The van der Waals surface area contributed by atoms with Crippen LogP contribution in [0.4, 0.5) is 10.2 Å². The van der Waals surface area contributed by atoms with Gasteiger partial charge in [0.1, 0.15) is 17.9 Å². The number of benzene rings is 1. The lowest BCUT2D eigenvalue weighted by atomic mass is 9.72. The molecule has 1 aromatic carbocycles. The topological polar surface area (TPSA) is 149 Å². The number of amides is 1. The molecule has 2 atom stereocenters. The quantitative estimate of drug-likeness (QED) is 0.331. The Labute approximate surface area is 264 Å². The van der Waals surface area contributed by atoms with Gasteiger partial charge in [-0.25, -0.2) is 19.1 Å². The number of hydrogen-bond donors (Lipinski definition) is 3. The SMILES string of the molecule is CCN(C(=O)c1cc(F)ccc1Oc1cncnc1N1CC2(CCN(C[C@@]3(O)CC[C@@H](NS(=O)(=O)NC)CO3)CC2)C1)C(C)C. The predicted molar refractivity (Wildman–Crippen MR) is 166 cm³/mol. The van der Waals surface area contributed by atoms with E-state index in [4.69, 9.17) is 9.47 Å². The van der Waals surface area contributed by atoms with Gasteiger partial charge in [0.05, 0.1) is 24.9 Å². The average Bonchev–Trinajstić information content (AvgIpc) is 2.99. The summed E-state index contributed by atoms with van der Waals surface area (Å²) in [6, 6.07) is 3.50. The Morgan fingerprint density at radius 2 is 1.98 bits per heavy atom. The molecule has 3 saturated heterocycles. The van der Waals surface area contributed by atoms with Crippen LogP contribution >= 0.6 is 0 Å². The van der Waals surface area contributed by atoms with E-state index in [0.717, 1.165) is 39.0 Å². The van der Waals surface area contributed by atoms with Crippen molar-refractivity contribution in [2.24, 2.45) is 5.41 Å². The largest absolute Gasteiger partial charge is 0.451 e. The van der Waals surface area contributed by atoms with Crippen LogP contribution in [0.5, 0.6) is 11.5 Å². The van der Waals surface area contributed by atoms with E-state index in [1.54, 1.807) is 11.1 Å². The normalized spacial score (nSPS) is 23.6. The van der Waals surface area contributed by atoms with Gasteiger partial charge >= 0.3 is 0 Å². The number of piperidine rings is 1. The van der Waals surface area contributed by atoms with E-state index in [0.29, 0.717) is 37.5 Å². The zero-order chi connectivity index (χ0) is 32.4. The number of β-amino-alcohol motifs (C(OH)–C–C–N with tert-alkyl or cyclic N) is 1. The lowest BCUT2D eigenvalue weighted by molar-refractivity contribution is -0.239. The third kappa shape index (κ3) is 7.72. The highest BCUT2D eigenvalue weighted by molar-refractivity contribution is 7.87. The van der Waals surface area contributed by atoms with Crippen LogP contribution < -0.4 is 19.1 Å². The van der Waals surface area contributed by atoms with Crippen molar-refractivity contribution in [3.05, 3.63) is 42.1 Å². The molecule has 2 aromatic rings. The van der Waals surface area contributed by atoms with Crippen molar-refractivity contribution >= 4 is 21.9 Å². The number of rotatable bonds is 11. The maximum absolute atomic E-state index is 14.2. The number of anilines is 1. The van der Waals surface area contributed by atoms with Crippen LogP contribution in [0.15, 0.2) is 30.7 Å². The van der Waals surface area contributed by atoms with Crippen molar-refractivity contribution in [1.82, 2.24) is 29.2 Å². The van der Waals surface area contributed by atoms with Gasteiger partial charge in [-0.15, -0.1) is 0 Å². The number of hydrogen-bond acceptors (Lipinski definition) is 10. The number of carbonyl (C=O) groups is 1. The fourth-order valence-electron chi connectivity index (χ4n) is 6.47. The van der Waals surface area contributed by atoms with Gasteiger partial charge < -0.3 is 24.4 Å². The molecule has 4 heterocycles. The number of carbonyl (C=O) groups excluding carboxylic acids is 1. The second kappa shape index (κ2) is 13.4. The molecule has 3 fully saturated rings. The standard InChI is InChI=1S/C30H44FN7O6S/c1-5-38(21(2)3)28(39)24-14-22(31)6-7-25(24)44-26-15-33-20-34-27(26)37-17-29(18-37)10-12-36(13-11-29)19-30(40)9-8-23(16-43-30)35-45(41,42)32-4/h6-7,14-15,20-21,23,32,35,40H,5,8-13,16-19H2,1-4H3/t23-,30-/m1/s1. The summed E-state index contributed by atoms with van der Waals surface area (Å²) in [5, 5.41) is 11.0. The van der Waals surface area contributed by atoms with E-state index < -0.39 is 21.8 Å². The molecular formula is C30H44FN7O6S. The summed E-state index contributed by atoms with van der Waals surface area (Å²) in [5.74, 6) is -0.885. The van der Waals surface area contributed by atoms with Crippen LogP contribution in [0.3, 0.4) is 0 Å². The molecule has 0 bridgehead atoms. The highest BCUT2D eigenvalue weighted by atomic mass is 32.2. The van der Waals surface area contributed by atoms with Crippen LogP contribution in [0, 0.1) is 11.2 Å². The first-order chi connectivity index (χ1) is 21.3. The van der Waals surface area contributed by atoms with Crippen molar-refractivity contribution < 1.29 is 32.2 Å². The maximum Gasteiger partial charge on any atom is 0.276 e. The predicted octanol–water partition coefficient (Wildman–Crippen LogP) is 2.10. The summed E-state index contributed by atoms with van der Waals surface area (Å²) >= 11 is 0. The molecule has 15 heteroatoms. The van der Waals surface area contributed by atoms with E-state index in [9.17, 15) is 22.7 Å². The molecule has 5 rings (SSSR count). The average molecular weight is 650 g/mol. The van der Waals surface area contributed by atoms with Gasteiger partial charge in [0.15, 0.2) is 17.4 Å². The smallest absolute Gasteiger partial charge is 0.276 e. The van der Waals surface area contributed by atoms with E-state index in [1.807, 2.05) is 20.8 Å². The molecule has 0 aliphatic carbocycles. The molecule has 0 radical (unpaired) electrons. The Hall–Kier alpha value is -2.95. The van der Waals surface area contributed by atoms with Crippen LogP contribution in [0.25, 0.3) is 0 Å². The molecule has 3 aliphatic rings. The molecule has 0 unspecified atom stereocenters. The number of nitrogens with one attached hydrogen (secondary N) is 2. The van der Waals surface area contributed by atoms with Gasteiger partial charge in [-0.1, -0.05) is 0 Å². The Balaban J connectivity index is 1.17. The molecule has 248 valence electrons. The number of likely N-dealkylation sites (tertiary alicyclic amines) is 1. The summed E-state index contributed by atoms with van der Waals surface area (Å²) in [4.78, 5) is 27.9. The minimum atomic E-state index is -3.57. The molecule has 13 nitrogen and oxygen atoms in total. The molecule has 45 heavy (non-hydrogen) atoms. The number of aliphatic hydroxyl groups is 1. The minimum absolute atomic E-state index is 0.0600. The molecule has 0 saturated carbocycles. The van der Waals surface area contributed by atoms with Crippen LogP contribution in [0.2, 0.25) is 0 Å². The minimum Gasteiger partial charge on any atom is -0.451 e. The van der Waals surface area contributed by atoms with E-state index >= 15 is 0 Å². The monoisotopic (exact) mass is 649 g/mol. The number of nitrogens with zero attached hydrogens (tertiary/aromatic N) is 5. The lowest BCUT2D eigenvalue weighted by Crippen LogP contribution is -2.62. The second-order valence-electron chi connectivity index (χ2n) is 12.6. The maximum atomic E-state index is 14.2. The summed E-state index contributed by atoms with van der Waals surface area (Å²) in [6.07, 6.45) is 5.71. The highest BCUT2D eigenvalue weighted by Crippen LogP contribution is 2.45. The van der Waals surface area contributed by atoms with Crippen LogP contribution in [-0.4, -0.2) is 110 Å². The van der Waals surface area contributed by atoms with Gasteiger partial charge in [-0.2, -0.15) is 13.1 Å². The number of halogens is 1. The molecular weight excluding hydrogens is 605 g/mol. The fraction of sp³-hybridized carbons (Fsp3) is 0.633. The van der Waals surface area contributed by atoms with Crippen molar-refractivity contribution in [2.45, 2.75) is 64.3 Å². The highest BCUT2D eigenvalue weighted by Gasteiger charge is 2.47. The van der Waals surface area contributed by atoms with Crippen molar-refractivity contribution in [3.63, 3.8) is 0 Å². The van der Waals surface area contributed by atoms with Crippen molar-refractivity contribution in [2.75, 3.05) is 57.8 Å². The zero-order valence-electron chi connectivity index (χ0n) is 26.3. The lowest BCUT2D eigenvalue weighted by Gasteiger charge is -2.55. The second-order valence-corrected chi connectivity index (χ2v) is 14.2. The fourth-order valence-corrected chi connectivity index (χ4v) is 7.21. The van der Waals surface area contributed by atoms with E-state index in [-0.39, 0.29) is 41.3 Å². The molecule has 3 aliphatic heterocycles. The first-order valence-electron chi connectivity index (χ1n) is 15.5. The van der Waals surface area contributed by atoms with Gasteiger partial charge in [0.25, 0.3) is 16.1 Å².